The van der Waals surface area contributed by atoms with Crippen molar-refractivity contribution in [2.75, 3.05) is 0 Å². The van der Waals surface area contributed by atoms with Crippen LogP contribution in [0.2, 0.25) is 0 Å². The van der Waals surface area contributed by atoms with E-state index in [4.69, 9.17) is 5.11 Å². The highest BCUT2D eigenvalue weighted by Crippen LogP contribution is 2.26. The van der Waals surface area contributed by atoms with Crippen LogP contribution < -0.4 is 0 Å². The molecule has 10 heavy (non-hydrogen) atoms. The summed E-state index contributed by atoms with van der Waals surface area (Å²) in [4.78, 5) is 9.79. The van der Waals surface area contributed by atoms with E-state index in [1.165, 1.54) is 0 Å². The number of hydrogen-bond acceptors (Lipinski definition) is 1. The molecule has 0 radical (unpaired) electrons. The molecule has 0 aliphatic rings. The number of rotatable bonds is 2. The summed E-state index contributed by atoms with van der Waals surface area (Å²) < 4.78 is 34.6. The lowest BCUT2D eigenvalue weighted by Gasteiger charge is -2.10. The number of carbonyl (C=O) groups is 1. The van der Waals surface area contributed by atoms with Crippen LogP contribution in [0.4, 0.5) is 13.2 Å². The molecule has 1 unspecified atom stereocenters. The van der Waals surface area contributed by atoms with Gasteiger partial charge in [0.25, 0.3) is 0 Å². The SMILES string of the molecule is C=CC(C(=O)O)C(F)(F)F. The molecule has 0 aromatic carbocycles. The van der Waals surface area contributed by atoms with Crippen LogP contribution in [0.25, 0.3) is 0 Å². The number of carboxylic acids is 1. The number of carboxylic acid groups (broad SMARTS) is 1. The van der Waals surface area contributed by atoms with Gasteiger partial charge in [-0.2, -0.15) is 13.2 Å². The highest BCUT2D eigenvalue weighted by atomic mass is 19.4. The average molecular weight is 154 g/mol. The summed E-state index contributed by atoms with van der Waals surface area (Å²) >= 11 is 0. The van der Waals surface area contributed by atoms with Gasteiger partial charge in [0, 0.05) is 0 Å². The average Bonchev–Trinajstić information content (AvgIpc) is 1.60. The van der Waals surface area contributed by atoms with E-state index in [1.807, 2.05) is 0 Å². The van der Waals surface area contributed by atoms with Gasteiger partial charge < -0.3 is 5.11 Å². The van der Waals surface area contributed by atoms with Crippen molar-refractivity contribution in [2.45, 2.75) is 6.18 Å². The molecule has 1 N–H and O–H groups in total. The predicted octanol–water partition coefficient (Wildman–Crippen LogP) is 1.44. The van der Waals surface area contributed by atoms with Gasteiger partial charge in [0.1, 0.15) is 0 Å². The Bertz CT molecular complexity index is 149. The third kappa shape index (κ3) is 2.08. The Labute approximate surface area is 55.0 Å². The minimum atomic E-state index is -4.73. The van der Waals surface area contributed by atoms with E-state index in [0.717, 1.165) is 0 Å². The minimum absolute atomic E-state index is 0.350. The van der Waals surface area contributed by atoms with Crippen LogP contribution >= 0.6 is 0 Å². The molecular formula is C5H5F3O2. The number of halogens is 3. The third-order valence-corrected chi connectivity index (χ3v) is 0.854. The Balaban J connectivity index is 4.36. The summed E-state index contributed by atoms with van der Waals surface area (Å²) in [6.07, 6.45) is -4.38. The zero-order chi connectivity index (χ0) is 8.36. The topological polar surface area (TPSA) is 37.3 Å². The van der Waals surface area contributed by atoms with Crippen LogP contribution in [0, 0.1) is 5.92 Å². The fourth-order valence-electron chi connectivity index (χ4n) is 0.374. The van der Waals surface area contributed by atoms with Crippen molar-refractivity contribution in [3.8, 4) is 0 Å². The maximum absolute atomic E-state index is 11.5. The molecular weight excluding hydrogens is 149 g/mol. The van der Waals surface area contributed by atoms with Crippen molar-refractivity contribution in [1.29, 1.82) is 0 Å². The summed E-state index contributed by atoms with van der Waals surface area (Å²) in [5.41, 5.74) is 0. The molecule has 0 bridgehead atoms. The quantitative estimate of drug-likeness (QED) is 0.611. The monoisotopic (exact) mass is 154 g/mol. The van der Waals surface area contributed by atoms with E-state index < -0.39 is 18.1 Å². The molecule has 0 rings (SSSR count). The summed E-state index contributed by atoms with van der Waals surface area (Å²) in [5.74, 6) is -4.38. The van der Waals surface area contributed by atoms with Crippen LogP contribution in [0.5, 0.6) is 0 Å². The molecule has 0 aliphatic heterocycles. The molecule has 58 valence electrons. The Kier molecular flexibility index (Phi) is 2.45. The maximum Gasteiger partial charge on any atom is 0.405 e. The van der Waals surface area contributed by atoms with Gasteiger partial charge in [0.2, 0.25) is 0 Å². The molecule has 1 atom stereocenters. The summed E-state index contributed by atoms with van der Waals surface area (Å²) in [6.45, 7) is 2.75. The molecule has 0 saturated carbocycles. The Morgan fingerprint density at radius 1 is 1.60 bits per heavy atom. The highest BCUT2D eigenvalue weighted by molar-refractivity contribution is 5.72. The van der Waals surface area contributed by atoms with E-state index in [1.54, 1.807) is 0 Å². The molecule has 0 aliphatic carbocycles. The van der Waals surface area contributed by atoms with Crippen LogP contribution in [-0.4, -0.2) is 17.3 Å². The normalized spacial score (nSPS) is 14.3. The van der Waals surface area contributed by atoms with Gasteiger partial charge in [0.15, 0.2) is 5.92 Å². The fraction of sp³-hybridized carbons (Fsp3) is 0.400. The number of alkyl halides is 3. The van der Waals surface area contributed by atoms with Crippen molar-refractivity contribution in [1.82, 2.24) is 0 Å². The van der Waals surface area contributed by atoms with Gasteiger partial charge in [-0.05, 0) is 0 Å². The molecule has 0 heterocycles. The van der Waals surface area contributed by atoms with Crippen molar-refractivity contribution >= 4 is 5.97 Å². The molecule has 2 nitrogen and oxygen atoms in total. The molecule has 0 fully saturated rings. The standard InChI is InChI=1S/C5H5F3O2/c1-2-3(4(9)10)5(6,7)8/h2-3H,1H2,(H,9,10). The molecule has 0 spiro atoms. The second kappa shape index (κ2) is 2.72. The zero-order valence-corrected chi connectivity index (χ0v) is 4.85. The van der Waals surface area contributed by atoms with Gasteiger partial charge >= 0.3 is 12.1 Å². The first-order valence-corrected chi connectivity index (χ1v) is 2.31. The van der Waals surface area contributed by atoms with Gasteiger partial charge in [0.05, 0.1) is 0 Å². The van der Waals surface area contributed by atoms with Crippen molar-refractivity contribution in [3.63, 3.8) is 0 Å². The molecule has 0 amide bonds. The molecule has 0 saturated heterocycles. The zero-order valence-electron chi connectivity index (χ0n) is 4.85. The second-order valence-electron chi connectivity index (χ2n) is 1.59. The van der Waals surface area contributed by atoms with E-state index in [-0.39, 0.29) is 0 Å². The minimum Gasteiger partial charge on any atom is -0.481 e. The van der Waals surface area contributed by atoms with Gasteiger partial charge in [-0.15, -0.1) is 6.58 Å². The predicted molar refractivity (Wildman–Crippen MR) is 27.4 cm³/mol. The first-order chi connectivity index (χ1) is 4.39. The Hall–Kier alpha value is -1.00. The Morgan fingerprint density at radius 3 is 2.00 bits per heavy atom. The van der Waals surface area contributed by atoms with E-state index >= 15 is 0 Å². The third-order valence-electron chi connectivity index (χ3n) is 0.854. The van der Waals surface area contributed by atoms with Crippen molar-refractivity contribution in [2.24, 2.45) is 5.92 Å². The Morgan fingerprint density at radius 2 is 2.00 bits per heavy atom. The lowest BCUT2D eigenvalue weighted by atomic mass is 10.1. The van der Waals surface area contributed by atoms with Crippen LogP contribution in [0.1, 0.15) is 0 Å². The van der Waals surface area contributed by atoms with Crippen LogP contribution in [-0.2, 0) is 4.79 Å². The number of aliphatic carboxylic acids is 1. The maximum atomic E-state index is 11.5. The van der Waals surface area contributed by atoms with Crippen LogP contribution in [0.15, 0.2) is 12.7 Å². The van der Waals surface area contributed by atoms with Crippen molar-refractivity contribution in [3.05, 3.63) is 12.7 Å². The lowest BCUT2D eigenvalue weighted by Crippen LogP contribution is -2.28. The van der Waals surface area contributed by atoms with Gasteiger partial charge in [-0.25, -0.2) is 0 Å². The van der Waals surface area contributed by atoms with Gasteiger partial charge in [-0.1, -0.05) is 6.08 Å². The number of hydrogen-bond donors (Lipinski definition) is 1. The summed E-state index contributed by atoms with van der Waals surface area (Å²) in [6, 6.07) is 0. The van der Waals surface area contributed by atoms with E-state index in [2.05, 4.69) is 6.58 Å². The summed E-state index contributed by atoms with van der Waals surface area (Å²) in [5, 5.41) is 7.92. The lowest BCUT2D eigenvalue weighted by molar-refractivity contribution is -0.183. The van der Waals surface area contributed by atoms with Gasteiger partial charge in [-0.3, -0.25) is 4.79 Å². The van der Waals surface area contributed by atoms with E-state index in [9.17, 15) is 18.0 Å². The first kappa shape index (κ1) is 9.00. The largest absolute Gasteiger partial charge is 0.481 e. The van der Waals surface area contributed by atoms with Crippen LogP contribution in [0.3, 0.4) is 0 Å². The highest BCUT2D eigenvalue weighted by Gasteiger charge is 2.42. The smallest absolute Gasteiger partial charge is 0.405 e. The molecule has 0 aromatic heterocycles. The first-order valence-electron chi connectivity index (χ1n) is 2.31. The second-order valence-corrected chi connectivity index (χ2v) is 1.59. The fourth-order valence-corrected chi connectivity index (χ4v) is 0.374. The van der Waals surface area contributed by atoms with Crippen molar-refractivity contribution < 1.29 is 23.1 Å². The van der Waals surface area contributed by atoms with E-state index in [0.29, 0.717) is 6.08 Å². The summed E-state index contributed by atoms with van der Waals surface area (Å²) in [7, 11) is 0. The molecule has 0 aromatic rings. The molecule has 5 heteroatoms.